The van der Waals surface area contributed by atoms with Crippen LogP contribution in [0.2, 0.25) is 0 Å². The van der Waals surface area contributed by atoms with Crippen molar-refractivity contribution in [3.8, 4) is 11.5 Å². The van der Waals surface area contributed by atoms with E-state index in [-0.39, 0.29) is 11.5 Å². The van der Waals surface area contributed by atoms with Crippen LogP contribution in [0.4, 0.5) is 0 Å². The summed E-state index contributed by atoms with van der Waals surface area (Å²) in [7, 11) is 0. The van der Waals surface area contributed by atoms with Gasteiger partial charge in [-0.25, -0.2) is 0 Å². The van der Waals surface area contributed by atoms with Crippen LogP contribution < -0.4 is 0 Å². The first-order valence-corrected chi connectivity index (χ1v) is 7.70. The van der Waals surface area contributed by atoms with Gasteiger partial charge in [-0.1, -0.05) is 36.8 Å². The number of rotatable bonds is 6. The molecular weight excluding hydrogens is 276 g/mol. The molecule has 118 valence electrons. The van der Waals surface area contributed by atoms with E-state index in [1.54, 1.807) is 0 Å². The second kappa shape index (κ2) is 7.32. The van der Waals surface area contributed by atoms with E-state index >= 15 is 0 Å². The second-order valence-electron chi connectivity index (χ2n) is 6.17. The van der Waals surface area contributed by atoms with Crippen LogP contribution in [0.3, 0.4) is 0 Å². The maximum absolute atomic E-state index is 10.2. The molecule has 0 heterocycles. The summed E-state index contributed by atoms with van der Waals surface area (Å²) in [5, 5.41) is 29.1. The number of aromatic hydroxyl groups is 2. The lowest BCUT2D eigenvalue weighted by molar-refractivity contribution is 0.157. The van der Waals surface area contributed by atoms with E-state index in [1.807, 2.05) is 0 Å². The van der Waals surface area contributed by atoms with Crippen LogP contribution in [-0.4, -0.2) is 15.3 Å². The highest BCUT2D eigenvalue weighted by Gasteiger charge is 2.12. The van der Waals surface area contributed by atoms with Crippen LogP contribution in [0.25, 0.3) is 0 Å². The van der Waals surface area contributed by atoms with Gasteiger partial charge in [0.15, 0.2) is 0 Å². The van der Waals surface area contributed by atoms with E-state index in [0.717, 1.165) is 12.8 Å². The lowest BCUT2D eigenvalue weighted by Crippen LogP contribution is -2.04. The maximum Gasteiger partial charge on any atom is 0.119 e. The predicted octanol–water partition coefficient (Wildman–Crippen LogP) is 4.10. The van der Waals surface area contributed by atoms with Crippen molar-refractivity contribution in [2.24, 2.45) is 5.92 Å². The maximum atomic E-state index is 10.2. The van der Waals surface area contributed by atoms with Crippen molar-refractivity contribution in [3.63, 3.8) is 0 Å². The van der Waals surface area contributed by atoms with Gasteiger partial charge in [-0.05, 0) is 55.4 Å². The third-order valence-electron chi connectivity index (χ3n) is 3.95. The number of benzene rings is 2. The number of phenols is 2. The highest BCUT2D eigenvalue weighted by Crippen LogP contribution is 2.28. The van der Waals surface area contributed by atoms with E-state index in [2.05, 4.69) is 38.1 Å². The molecule has 0 aliphatic heterocycles. The van der Waals surface area contributed by atoms with E-state index in [4.69, 9.17) is 0 Å². The number of phenolic OH excluding ortho intramolecular Hbond substituents is 2. The molecule has 3 N–H and O–H groups in total. The fourth-order valence-electron chi connectivity index (χ4n) is 2.65. The minimum absolute atomic E-state index is 0.0262. The smallest absolute Gasteiger partial charge is 0.119 e. The zero-order valence-electron chi connectivity index (χ0n) is 13.2. The van der Waals surface area contributed by atoms with Gasteiger partial charge in [-0.15, -0.1) is 0 Å². The highest BCUT2D eigenvalue weighted by molar-refractivity contribution is 5.37. The Morgan fingerprint density at radius 1 is 0.909 bits per heavy atom. The summed E-state index contributed by atoms with van der Waals surface area (Å²) in [6, 6.07) is 12.8. The highest BCUT2D eigenvalue weighted by atomic mass is 16.3. The van der Waals surface area contributed by atoms with Gasteiger partial charge in [0, 0.05) is 6.07 Å². The van der Waals surface area contributed by atoms with Crippen LogP contribution in [0.1, 0.15) is 42.6 Å². The zero-order chi connectivity index (χ0) is 16.1. The van der Waals surface area contributed by atoms with Crippen LogP contribution in [-0.2, 0) is 6.42 Å². The standard InChI is InChI=1S/C19H24O3/c1-13-3-6-15(7-4-13)9-14(2)5-8-19(22)16-10-17(20)12-18(21)11-16/h3-4,6-7,10-12,14,19-22H,5,8-9H2,1-2H3. The molecule has 22 heavy (non-hydrogen) atoms. The van der Waals surface area contributed by atoms with Gasteiger partial charge in [-0.3, -0.25) is 0 Å². The minimum Gasteiger partial charge on any atom is -0.508 e. The van der Waals surface area contributed by atoms with Gasteiger partial charge in [0.2, 0.25) is 0 Å². The van der Waals surface area contributed by atoms with Crippen LogP contribution in [0.15, 0.2) is 42.5 Å². The number of hydrogen-bond acceptors (Lipinski definition) is 3. The quantitative estimate of drug-likeness (QED) is 0.752. The van der Waals surface area contributed by atoms with Crippen molar-refractivity contribution in [3.05, 3.63) is 59.2 Å². The van der Waals surface area contributed by atoms with Crippen molar-refractivity contribution in [1.29, 1.82) is 0 Å². The molecule has 2 unspecified atom stereocenters. The van der Waals surface area contributed by atoms with Crippen molar-refractivity contribution in [1.82, 2.24) is 0 Å². The molecule has 0 spiro atoms. The van der Waals surface area contributed by atoms with Crippen LogP contribution >= 0.6 is 0 Å². The molecule has 0 fully saturated rings. The minimum atomic E-state index is -0.668. The third kappa shape index (κ3) is 4.78. The van der Waals surface area contributed by atoms with Crippen molar-refractivity contribution >= 4 is 0 Å². The molecule has 0 amide bonds. The molecule has 0 saturated carbocycles. The molecule has 3 heteroatoms. The summed E-state index contributed by atoms with van der Waals surface area (Å²) in [5.41, 5.74) is 3.12. The largest absolute Gasteiger partial charge is 0.508 e. The molecule has 2 aromatic carbocycles. The number of aryl methyl sites for hydroxylation is 1. The fraction of sp³-hybridized carbons (Fsp3) is 0.368. The van der Waals surface area contributed by atoms with E-state index in [0.29, 0.717) is 17.9 Å². The van der Waals surface area contributed by atoms with Gasteiger partial charge in [0.05, 0.1) is 6.10 Å². The number of aliphatic hydroxyl groups excluding tert-OH is 1. The first kappa shape index (κ1) is 16.4. The van der Waals surface area contributed by atoms with E-state index in [9.17, 15) is 15.3 Å². The molecule has 0 aliphatic rings. The fourth-order valence-corrected chi connectivity index (χ4v) is 2.65. The summed E-state index contributed by atoms with van der Waals surface area (Å²) in [5.74, 6) is 0.409. The topological polar surface area (TPSA) is 60.7 Å². The molecule has 2 rings (SSSR count). The SMILES string of the molecule is Cc1ccc(CC(C)CCC(O)c2cc(O)cc(O)c2)cc1. The summed E-state index contributed by atoms with van der Waals surface area (Å²) in [6.45, 7) is 4.25. The van der Waals surface area contributed by atoms with Crippen LogP contribution in [0.5, 0.6) is 11.5 Å². The molecule has 2 atom stereocenters. The Balaban J connectivity index is 1.87. The van der Waals surface area contributed by atoms with Crippen molar-refractivity contribution < 1.29 is 15.3 Å². The molecule has 0 aromatic heterocycles. The predicted molar refractivity (Wildman–Crippen MR) is 88.0 cm³/mol. The number of hydrogen-bond donors (Lipinski definition) is 3. The van der Waals surface area contributed by atoms with Gasteiger partial charge in [0.25, 0.3) is 0 Å². The normalized spacial score (nSPS) is 13.8. The molecule has 2 aromatic rings. The third-order valence-corrected chi connectivity index (χ3v) is 3.95. The van der Waals surface area contributed by atoms with E-state index in [1.165, 1.54) is 29.3 Å². The monoisotopic (exact) mass is 300 g/mol. The Hall–Kier alpha value is -2.00. The van der Waals surface area contributed by atoms with Gasteiger partial charge in [-0.2, -0.15) is 0 Å². The Kier molecular flexibility index (Phi) is 5.45. The molecule has 0 saturated heterocycles. The zero-order valence-corrected chi connectivity index (χ0v) is 13.2. The van der Waals surface area contributed by atoms with Gasteiger partial charge < -0.3 is 15.3 Å². The summed E-state index contributed by atoms with van der Waals surface area (Å²) < 4.78 is 0. The van der Waals surface area contributed by atoms with Crippen molar-refractivity contribution in [2.45, 2.75) is 39.2 Å². The molecule has 0 bridgehead atoms. The lowest BCUT2D eigenvalue weighted by atomic mass is 9.93. The number of aliphatic hydroxyl groups is 1. The average Bonchev–Trinajstić information content (AvgIpc) is 2.46. The summed E-state index contributed by atoms with van der Waals surface area (Å²) in [4.78, 5) is 0. The van der Waals surface area contributed by atoms with Crippen molar-refractivity contribution in [2.75, 3.05) is 0 Å². The lowest BCUT2D eigenvalue weighted by Gasteiger charge is -2.16. The Morgan fingerprint density at radius 2 is 1.50 bits per heavy atom. The summed E-state index contributed by atoms with van der Waals surface area (Å²) >= 11 is 0. The first-order valence-electron chi connectivity index (χ1n) is 7.70. The van der Waals surface area contributed by atoms with Crippen LogP contribution in [0, 0.1) is 12.8 Å². The molecule has 3 nitrogen and oxygen atoms in total. The second-order valence-corrected chi connectivity index (χ2v) is 6.17. The summed E-state index contributed by atoms with van der Waals surface area (Å²) in [6.07, 6.45) is 1.80. The van der Waals surface area contributed by atoms with E-state index < -0.39 is 6.10 Å². The average molecular weight is 300 g/mol. The first-order chi connectivity index (χ1) is 10.4. The Morgan fingerprint density at radius 3 is 2.09 bits per heavy atom. The molecular formula is C19H24O3. The Labute approximate surface area is 131 Å². The molecule has 0 aliphatic carbocycles. The Bertz CT molecular complexity index is 584. The van der Waals surface area contributed by atoms with Gasteiger partial charge >= 0.3 is 0 Å². The molecule has 0 radical (unpaired) electrons. The van der Waals surface area contributed by atoms with Gasteiger partial charge in [0.1, 0.15) is 11.5 Å².